The second-order valence-electron chi connectivity index (χ2n) is 6.72. The lowest BCUT2D eigenvalue weighted by molar-refractivity contribution is 0.0141. The molecule has 5 nitrogen and oxygen atoms in total. The van der Waals surface area contributed by atoms with Gasteiger partial charge in [-0.1, -0.05) is 15.9 Å². The van der Waals surface area contributed by atoms with E-state index in [1.54, 1.807) is 9.80 Å². The number of aryl methyl sites for hydroxylation is 1. The highest BCUT2D eigenvalue weighted by Crippen LogP contribution is 2.19. The molecular formula is C17H23BrN2O3. The molecule has 0 radical (unpaired) electrons. The highest BCUT2D eigenvalue weighted by atomic mass is 79.9. The minimum Gasteiger partial charge on any atom is -0.444 e. The Morgan fingerprint density at radius 1 is 1.09 bits per heavy atom. The lowest BCUT2D eigenvalue weighted by Gasteiger charge is -2.35. The molecule has 23 heavy (non-hydrogen) atoms. The zero-order valence-electron chi connectivity index (χ0n) is 14.1. The average molecular weight is 383 g/mol. The molecule has 1 aliphatic heterocycles. The van der Waals surface area contributed by atoms with Crippen molar-refractivity contribution in [3.05, 3.63) is 33.8 Å². The number of ether oxygens (including phenoxy) is 1. The van der Waals surface area contributed by atoms with E-state index in [2.05, 4.69) is 15.9 Å². The summed E-state index contributed by atoms with van der Waals surface area (Å²) in [6, 6.07) is 5.59. The highest BCUT2D eigenvalue weighted by Gasteiger charge is 2.28. The van der Waals surface area contributed by atoms with E-state index in [1.165, 1.54) is 0 Å². The molecule has 0 aromatic heterocycles. The van der Waals surface area contributed by atoms with Gasteiger partial charge in [0.1, 0.15) is 5.60 Å². The fraction of sp³-hybridized carbons (Fsp3) is 0.529. The van der Waals surface area contributed by atoms with Crippen molar-refractivity contribution in [1.82, 2.24) is 9.80 Å². The summed E-state index contributed by atoms with van der Waals surface area (Å²) in [6.07, 6.45) is -0.316. The van der Waals surface area contributed by atoms with Gasteiger partial charge < -0.3 is 14.5 Å². The van der Waals surface area contributed by atoms with Gasteiger partial charge in [0, 0.05) is 36.2 Å². The molecule has 0 unspecified atom stereocenters. The highest BCUT2D eigenvalue weighted by molar-refractivity contribution is 9.10. The molecule has 126 valence electrons. The Morgan fingerprint density at radius 2 is 1.65 bits per heavy atom. The smallest absolute Gasteiger partial charge is 0.410 e. The van der Waals surface area contributed by atoms with E-state index in [1.807, 2.05) is 45.9 Å². The summed E-state index contributed by atoms with van der Waals surface area (Å²) < 4.78 is 6.35. The van der Waals surface area contributed by atoms with Crippen LogP contribution in [0.5, 0.6) is 0 Å². The van der Waals surface area contributed by atoms with E-state index in [0.29, 0.717) is 31.7 Å². The molecule has 0 atom stereocenters. The van der Waals surface area contributed by atoms with Crippen molar-refractivity contribution in [3.63, 3.8) is 0 Å². The van der Waals surface area contributed by atoms with E-state index in [4.69, 9.17) is 4.74 Å². The third-order valence-electron chi connectivity index (χ3n) is 3.62. The molecule has 1 fully saturated rings. The quantitative estimate of drug-likeness (QED) is 0.747. The van der Waals surface area contributed by atoms with Gasteiger partial charge in [-0.3, -0.25) is 4.79 Å². The summed E-state index contributed by atoms with van der Waals surface area (Å²) >= 11 is 3.44. The summed E-state index contributed by atoms with van der Waals surface area (Å²) in [4.78, 5) is 28.0. The average Bonchev–Trinajstić information content (AvgIpc) is 2.48. The molecule has 1 aliphatic rings. The number of hydrogen-bond donors (Lipinski definition) is 0. The largest absolute Gasteiger partial charge is 0.444 e. The summed E-state index contributed by atoms with van der Waals surface area (Å²) in [6.45, 7) is 9.54. The number of rotatable bonds is 1. The fourth-order valence-corrected chi connectivity index (χ4v) is 2.63. The Bertz CT molecular complexity index is 602. The van der Waals surface area contributed by atoms with Gasteiger partial charge in [0.2, 0.25) is 0 Å². The van der Waals surface area contributed by atoms with Crippen LogP contribution in [0.3, 0.4) is 0 Å². The van der Waals surface area contributed by atoms with Crippen molar-refractivity contribution in [2.24, 2.45) is 0 Å². The van der Waals surface area contributed by atoms with Crippen LogP contribution in [0.15, 0.2) is 22.7 Å². The standard InChI is InChI=1S/C17H23BrN2O3/c1-12-11-13(5-6-14(12)18)15(21)19-7-9-20(10-8-19)16(22)23-17(2,3)4/h5-6,11H,7-10H2,1-4H3. The summed E-state index contributed by atoms with van der Waals surface area (Å²) in [5, 5.41) is 0. The summed E-state index contributed by atoms with van der Waals surface area (Å²) in [7, 11) is 0. The van der Waals surface area contributed by atoms with Crippen molar-refractivity contribution in [3.8, 4) is 0 Å². The van der Waals surface area contributed by atoms with Crippen LogP contribution in [0, 0.1) is 6.92 Å². The zero-order valence-corrected chi connectivity index (χ0v) is 15.6. The van der Waals surface area contributed by atoms with E-state index in [-0.39, 0.29) is 12.0 Å². The molecule has 0 aliphatic carbocycles. The number of piperazine rings is 1. The van der Waals surface area contributed by atoms with Crippen LogP contribution in [-0.2, 0) is 4.74 Å². The first kappa shape index (κ1) is 17.8. The zero-order chi connectivity index (χ0) is 17.2. The number of carbonyl (C=O) groups excluding carboxylic acids is 2. The third-order valence-corrected chi connectivity index (χ3v) is 4.51. The maximum Gasteiger partial charge on any atom is 0.410 e. The number of halogens is 1. The van der Waals surface area contributed by atoms with Gasteiger partial charge in [0.15, 0.2) is 0 Å². The molecular weight excluding hydrogens is 360 g/mol. The van der Waals surface area contributed by atoms with Gasteiger partial charge in [-0.15, -0.1) is 0 Å². The van der Waals surface area contributed by atoms with E-state index in [9.17, 15) is 9.59 Å². The SMILES string of the molecule is Cc1cc(C(=O)N2CCN(C(=O)OC(C)(C)C)CC2)ccc1Br. The van der Waals surface area contributed by atoms with Crippen LogP contribution in [0.4, 0.5) is 4.79 Å². The van der Waals surface area contributed by atoms with Crippen LogP contribution in [0.1, 0.15) is 36.7 Å². The third kappa shape index (κ3) is 4.70. The molecule has 1 saturated heterocycles. The molecule has 2 amide bonds. The van der Waals surface area contributed by atoms with Crippen LogP contribution in [0.25, 0.3) is 0 Å². The molecule has 6 heteroatoms. The normalized spacial score (nSPS) is 15.5. The van der Waals surface area contributed by atoms with Crippen molar-refractivity contribution < 1.29 is 14.3 Å². The number of benzene rings is 1. The van der Waals surface area contributed by atoms with Gasteiger partial charge in [-0.05, 0) is 51.5 Å². The first-order chi connectivity index (χ1) is 10.7. The van der Waals surface area contributed by atoms with Crippen LogP contribution in [-0.4, -0.2) is 53.6 Å². The molecule has 1 heterocycles. The van der Waals surface area contributed by atoms with E-state index >= 15 is 0 Å². The minimum absolute atomic E-state index is 0.00411. The van der Waals surface area contributed by atoms with Crippen molar-refractivity contribution >= 4 is 27.9 Å². The molecule has 1 aromatic carbocycles. The lowest BCUT2D eigenvalue weighted by Crippen LogP contribution is -2.51. The Morgan fingerprint density at radius 3 is 2.17 bits per heavy atom. The van der Waals surface area contributed by atoms with Gasteiger partial charge in [-0.25, -0.2) is 4.79 Å². The minimum atomic E-state index is -0.501. The van der Waals surface area contributed by atoms with Crippen LogP contribution in [0.2, 0.25) is 0 Å². The van der Waals surface area contributed by atoms with E-state index < -0.39 is 5.60 Å². The summed E-state index contributed by atoms with van der Waals surface area (Å²) in [5.74, 6) is 0.00411. The summed E-state index contributed by atoms with van der Waals surface area (Å²) in [5.41, 5.74) is 1.21. The predicted octanol–water partition coefficient (Wildman–Crippen LogP) is 3.45. The van der Waals surface area contributed by atoms with Gasteiger partial charge in [0.25, 0.3) is 5.91 Å². The van der Waals surface area contributed by atoms with Gasteiger partial charge in [-0.2, -0.15) is 0 Å². The Hall–Kier alpha value is -1.56. The molecule has 0 saturated carbocycles. The maximum absolute atomic E-state index is 12.5. The number of hydrogen-bond acceptors (Lipinski definition) is 3. The van der Waals surface area contributed by atoms with Gasteiger partial charge in [0.05, 0.1) is 0 Å². The van der Waals surface area contributed by atoms with E-state index in [0.717, 1.165) is 10.0 Å². The van der Waals surface area contributed by atoms with Crippen molar-refractivity contribution in [2.75, 3.05) is 26.2 Å². The van der Waals surface area contributed by atoms with Crippen LogP contribution < -0.4 is 0 Å². The monoisotopic (exact) mass is 382 g/mol. The molecule has 0 bridgehead atoms. The lowest BCUT2D eigenvalue weighted by atomic mass is 10.1. The molecule has 2 rings (SSSR count). The first-order valence-corrected chi connectivity index (χ1v) is 8.50. The second-order valence-corrected chi connectivity index (χ2v) is 7.58. The number of carbonyl (C=O) groups is 2. The number of amides is 2. The second kappa shape index (κ2) is 6.91. The maximum atomic E-state index is 12.5. The molecule has 1 aromatic rings. The Balaban J connectivity index is 1.94. The number of nitrogens with zero attached hydrogens (tertiary/aromatic N) is 2. The van der Waals surface area contributed by atoms with Crippen molar-refractivity contribution in [2.45, 2.75) is 33.3 Å². The fourth-order valence-electron chi connectivity index (χ4n) is 2.38. The molecule has 0 spiro atoms. The Kier molecular flexibility index (Phi) is 5.34. The van der Waals surface area contributed by atoms with Crippen molar-refractivity contribution in [1.29, 1.82) is 0 Å². The first-order valence-electron chi connectivity index (χ1n) is 7.71. The predicted molar refractivity (Wildman–Crippen MR) is 92.6 cm³/mol. The Labute approximate surface area is 145 Å². The van der Waals surface area contributed by atoms with Gasteiger partial charge >= 0.3 is 6.09 Å². The van der Waals surface area contributed by atoms with Crippen LogP contribution >= 0.6 is 15.9 Å². The molecule has 0 N–H and O–H groups in total. The topological polar surface area (TPSA) is 49.9 Å².